The smallest absolute Gasteiger partial charge is 0.328 e. The second-order valence-corrected chi connectivity index (χ2v) is 26.8. The van der Waals surface area contributed by atoms with E-state index in [1.165, 1.54) is 36.1 Å². The molecular weight excluding hydrogens is 1280 g/mol. The summed E-state index contributed by atoms with van der Waals surface area (Å²) in [5.41, 5.74) is 13.4. The number of hydrogen-bond donors (Lipinski definition) is 15. The molecule has 0 spiro atoms. The van der Waals surface area contributed by atoms with E-state index in [9.17, 15) is 43.8 Å². The summed E-state index contributed by atoms with van der Waals surface area (Å²) >= 11 is 0. The van der Waals surface area contributed by atoms with Crippen LogP contribution in [0.5, 0.6) is 5.75 Å². The molecule has 3 aliphatic heterocycles. The van der Waals surface area contributed by atoms with Crippen LogP contribution < -0.4 is 64.6 Å². The lowest BCUT2D eigenvalue weighted by atomic mass is 10.0. The minimum absolute atomic E-state index is 0.0148. The normalized spacial score (nSPS) is 23.5. The highest BCUT2D eigenvalue weighted by Crippen LogP contribution is 2.26. The second kappa shape index (κ2) is 34.0. The molecule has 0 radical (unpaired) electrons. The van der Waals surface area contributed by atoms with Crippen molar-refractivity contribution in [1.82, 2.24) is 63.1 Å². The number of nitrogens with one attached hydrogen (secondary N) is 11. The third-order valence-corrected chi connectivity index (χ3v) is 18.8. The molecule has 3 saturated heterocycles. The van der Waals surface area contributed by atoms with Gasteiger partial charge in [0.2, 0.25) is 65.0 Å². The van der Waals surface area contributed by atoms with E-state index in [0.29, 0.717) is 34.0 Å². The van der Waals surface area contributed by atoms with E-state index in [2.05, 4.69) is 63.1 Å². The van der Waals surface area contributed by atoms with Crippen molar-refractivity contribution in [2.45, 2.75) is 139 Å². The van der Waals surface area contributed by atoms with Crippen molar-refractivity contribution in [3.8, 4) is 5.75 Å². The van der Waals surface area contributed by atoms with Gasteiger partial charge in [-0.3, -0.25) is 57.7 Å². The van der Waals surface area contributed by atoms with Gasteiger partial charge >= 0.3 is 5.97 Å². The molecule has 0 aliphatic carbocycles. The maximum absolute atomic E-state index is 15.2. The molecule has 3 fully saturated rings. The number of amides is 11. The highest BCUT2D eigenvalue weighted by atomic mass is 33.1. The molecule has 10 atom stereocenters. The number of rotatable bonds is 16. The largest absolute Gasteiger partial charge is 0.508 e. The van der Waals surface area contributed by atoms with Gasteiger partial charge < -0.3 is 84.7 Å². The summed E-state index contributed by atoms with van der Waals surface area (Å²) in [4.78, 5) is 182. The van der Waals surface area contributed by atoms with Crippen molar-refractivity contribution in [3.63, 3.8) is 0 Å². The molecule has 1 aromatic heterocycles. The Morgan fingerprint density at radius 3 is 2.05 bits per heavy atom. The standard InChI is InChI=1S/C65H81N15O14S2/c1-34(2)24-45-55(84)72-44(14-8-22-68-65(66)67)63(92)80-23-9-15-53(80)62(91)77-50(64(93)94)31-70-54(83)29-49-59(88)74-47(26-36-17-20-41(82)21-18-36)57(86)79-51(60(89)73-45)32-95-96-33-52(61(90)75-48(58(87)76-49)28-40-30-69-43-13-7-6-12-42(40)43)78-56(85)46(71-35(3)81)27-37-16-19-38-10-4-5-11-39(38)25-37/h4-7,10-13,16-21,25,30,34,44-53,69,82H,8-9,14-15,22-24,26-29,31-33H2,1-3H3,(H,70,83)(H,71,81)(H,72,84)(H,73,89)(H,74,88)(H,75,90)(H,76,87)(H,77,91)(H,78,85)(H,79,86)(H,93,94)(H4,66,67,68)/t44-,45-,46+,47-,48+,49+,50-,51+,52-,53-/m0/s1. The molecule has 11 amide bonds. The first kappa shape index (κ1) is 71.9. The number of para-hydroxylation sites is 1. The van der Waals surface area contributed by atoms with Crippen LogP contribution >= 0.6 is 21.6 Å². The van der Waals surface area contributed by atoms with Crippen LogP contribution in [0, 0.1) is 5.92 Å². The fraction of sp³-hybridized carbons (Fsp3) is 0.431. The number of aromatic nitrogens is 1. The summed E-state index contributed by atoms with van der Waals surface area (Å²) < 4.78 is 0. The number of carboxylic acid groups (broad SMARTS) is 1. The van der Waals surface area contributed by atoms with Crippen molar-refractivity contribution in [1.29, 1.82) is 0 Å². The van der Waals surface area contributed by atoms with Gasteiger partial charge in [0.15, 0.2) is 5.96 Å². The fourth-order valence-corrected chi connectivity index (χ4v) is 13.8. The van der Waals surface area contributed by atoms with E-state index in [4.69, 9.17) is 11.5 Å². The van der Waals surface area contributed by atoms with Crippen LogP contribution in [-0.4, -0.2) is 189 Å². The summed E-state index contributed by atoms with van der Waals surface area (Å²) in [5, 5.41) is 49.6. The Morgan fingerprint density at radius 2 is 1.33 bits per heavy atom. The highest BCUT2D eigenvalue weighted by Gasteiger charge is 2.41. The van der Waals surface area contributed by atoms with Gasteiger partial charge in [-0.05, 0) is 83.7 Å². The van der Waals surface area contributed by atoms with Crippen molar-refractivity contribution in [3.05, 3.63) is 114 Å². The molecule has 0 saturated carbocycles. The van der Waals surface area contributed by atoms with Gasteiger partial charge in [0.25, 0.3) is 0 Å². The van der Waals surface area contributed by atoms with E-state index in [-0.39, 0.29) is 87.2 Å². The quantitative estimate of drug-likeness (QED) is 0.0257. The number of aromatic hydroxyl groups is 1. The third kappa shape index (κ3) is 20.3. The summed E-state index contributed by atoms with van der Waals surface area (Å²) in [5.74, 6) is -12.9. The predicted octanol–water partition coefficient (Wildman–Crippen LogP) is -0.472. The number of aromatic amines is 1. The lowest BCUT2D eigenvalue weighted by molar-refractivity contribution is -0.145. The number of carboxylic acids is 1. The fourth-order valence-electron chi connectivity index (χ4n) is 11.5. The number of phenols is 1. The van der Waals surface area contributed by atoms with Gasteiger partial charge in [-0.25, -0.2) is 4.79 Å². The van der Waals surface area contributed by atoms with E-state index >= 15 is 24.0 Å². The number of benzene rings is 4. The van der Waals surface area contributed by atoms with Crippen LogP contribution in [0.3, 0.4) is 0 Å². The number of guanidine groups is 1. The number of carbonyl (C=O) groups excluding carboxylic acids is 11. The summed E-state index contributed by atoms with van der Waals surface area (Å²) in [7, 11) is 1.94. The molecule has 31 heteroatoms. The Morgan fingerprint density at radius 1 is 0.698 bits per heavy atom. The number of carbonyl (C=O) groups is 12. The first-order chi connectivity index (χ1) is 45.9. The van der Waals surface area contributed by atoms with E-state index < -0.39 is 144 Å². The molecule has 17 N–H and O–H groups in total. The minimum Gasteiger partial charge on any atom is -0.508 e. The molecule has 4 heterocycles. The second-order valence-electron chi connectivity index (χ2n) is 24.2. The maximum atomic E-state index is 15.2. The number of nitrogens with two attached hydrogens (primary N) is 2. The number of fused-ring (bicyclic) bond motifs is 9. The van der Waals surface area contributed by atoms with Gasteiger partial charge in [-0.1, -0.05) is 108 Å². The van der Waals surface area contributed by atoms with Crippen molar-refractivity contribution in [2.75, 3.05) is 31.1 Å². The highest BCUT2D eigenvalue weighted by molar-refractivity contribution is 8.76. The summed E-state index contributed by atoms with van der Waals surface area (Å²) in [6.45, 7) is 4.01. The number of hydrogen-bond acceptors (Lipinski definition) is 16. The zero-order chi connectivity index (χ0) is 69.2. The Hall–Kier alpha value is -9.91. The molecule has 8 rings (SSSR count). The summed E-state index contributed by atoms with van der Waals surface area (Å²) in [6, 6.07) is 10.2. The Bertz CT molecular complexity index is 3730. The van der Waals surface area contributed by atoms with E-state index in [0.717, 1.165) is 32.4 Å². The zero-order valence-corrected chi connectivity index (χ0v) is 54.8. The molecule has 29 nitrogen and oxygen atoms in total. The minimum atomic E-state index is -1.96. The molecule has 2 bridgehead atoms. The molecule has 4 aromatic carbocycles. The summed E-state index contributed by atoms with van der Waals surface area (Å²) in [6.07, 6.45) is 0.395. The van der Waals surface area contributed by atoms with Gasteiger partial charge in [0.1, 0.15) is 66.2 Å². The van der Waals surface area contributed by atoms with Crippen molar-refractivity contribution < 1.29 is 67.7 Å². The van der Waals surface area contributed by atoms with Gasteiger partial charge in [0, 0.05) is 74.4 Å². The van der Waals surface area contributed by atoms with Crippen molar-refractivity contribution in [2.24, 2.45) is 22.4 Å². The number of H-pyrrole nitrogens is 1. The van der Waals surface area contributed by atoms with Crippen LogP contribution in [0.1, 0.15) is 76.0 Å². The zero-order valence-electron chi connectivity index (χ0n) is 53.1. The van der Waals surface area contributed by atoms with Crippen LogP contribution in [0.15, 0.2) is 102 Å². The number of phenolic OH excluding ortho intramolecular Hbond substituents is 1. The number of aliphatic carboxylic acids is 1. The Labute approximate surface area is 560 Å². The van der Waals surface area contributed by atoms with Crippen LogP contribution in [0.2, 0.25) is 0 Å². The predicted molar refractivity (Wildman–Crippen MR) is 359 cm³/mol. The molecular formula is C65H81N15O14S2. The molecule has 5 aromatic rings. The SMILES string of the molecule is CC(=O)N[C@H](Cc1ccc2ccccc2c1)C(=O)N[C@H]1CSSC[C@H]2NC(=O)[C@H](Cc3ccc(O)cc3)NC(=O)[C@@H](CC(=O)NC[C@@H](C(=O)O)NC(=O)[C@@H]3CCCN3C(=O)[C@H](CCCN=C(N)N)NC(=O)[C@H](CC(C)C)NC2=O)NC(=O)[C@@H](Cc2c[nH]c3ccccc23)NC1=O. The number of nitrogens with zero attached hydrogens (tertiary/aromatic N) is 2. The molecule has 512 valence electrons. The van der Waals surface area contributed by atoms with Crippen LogP contribution in [0.4, 0.5) is 0 Å². The van der Waals surface area contributed by atoms with Gasteiger partial charge in [0.05, 0.1) is 6.42 Å². The van der Waals surface area contributed by atoms with Gasteiger partial charge in [-0.2, -0.15) is 0 Å². The van der Waals surface area contributed by atoms with Crippen LogP contribution in [0.25, 0.3) is 21.7 Å². The lowest BCUT2D eigenvalue weighted by Gasteiger charge is -2.31. The first-order valence-electron chi connectivity index (χ1n) is 31.5. The Kier molecular flexibility index (Phi) is 25.5. The molecule has 0 unspecified atom stereocenters. The topological polar surface area (TPSA) is 449 Å². The average molecular weight is 1360 g/mol. The first-order valence-corrected chi connectivity index (χ1v) is 34.0. The number of aliphatic imine (C=N–C) groups is 1. The van der Waals surface area contributed by atoms with E-state index in [1.807, 2.05) is 36.4 Å². The monoisotopic (exact) mass is 1360 g/mol. The van der Waals surface area contributed by atoms with E-state index in [1.54, 1.807) is 50.4 Å². The van der Waals surface area contributed by atoms with Gasteiger partial charge in [-0.15, -0.1) is 0 Å². The van der Waals surface area contributed by atoms with Crippen molar-refractivity contribution >= 4 is 120 Å². The lowest BCUT2D eigenvalue weighted by Crippen LogP contribution is -2.61. The molecule has 3 aliphatic rings. The molecule has 96 heavy (non-hydrogen) atoms. The average Bonchev–Trinajstić information content (AvgIpc) is 1.93. The van der Waals surface area contributed by atoms with Crippen LogP contribution in [-0.2, 0) is 76.8 Å². The Balaban J connectivity index is 1.22. The third-order valence-electron chi connectivity index (χ3n) is 16.4. The maximum Gasteiger partial charge on any atom is 0.328 e.